The summed E-state index contributed by atoms with van der Waals surface area (Å²) in [5.74, 6) is 0.261. The Morgan fingerprint density at radius 3 is 2.14 bits per heavy atom. The second-order valence-corrected chi connectivity index (χ2v) is 7.82. The van der Waals surface area contributed by atoms with Gasteiger partial charge in [0.2, 0.25) is 0 Å². The quantitative estimate of drug-likeness (QED) is 0.832. The lowest BCUT2D eigenvalue weighted by Crippen LogP contribution is -2.28. The SMILES string of the molecule is Cc1cc(C(C)(C)C)cc(C=NC(CO)C(C)(C)C)c1O. The highest BCUT2D eigenvalue weighted by Crippen LogP contribution is 2.30. The molecule has 3 nitrogen and oxygen atoms in total. The molecule has 1 aromatic rings. The van der Waals surface area contributed by atoms with Gasteiger partial charge in [0.1, 0.15) is 5.75 Å². The minimum atomic E-state index is -0.185. The summed E-state index contributed by atoms with van der Waals surface area (Å²) >= 11 is 0. The zero-order chi connectivity index (χ0) is 16.4. The molecule has 0 bridgehead atoms. The van der Waals surface area contributed by atoms with Gasteiger partial charge in [0, 0.05) is 11.8 Å². The molecule has 0 radical (unpaired) electrons. The fraction of sp³-hybridized carbons (Fsp3) is 0.611. The number of hydrogen-bond acceptors (Lipinski definition) is 3. The van der Waals surface area contributed by atoms with Gasteiger partial charge in [-0.25, -0.2) is 0 Å². The van der Waals surface area contributed by atoms with Crippen LogP contribution in [0, 0.1) is 12.3 Å². The van der Waals surface area contributed by atoms with Crippen molar-refractivity contribution in [1.82, 2.24) is 0 Å². The zero-order valence-electron chi connectivity index (χ0n) is 14.4. The first kappa shape index (κ1) is 17.7. The van der Waals surface area contributed by atoms with Gasteiger partial charge in [-0.05, 0) is 34.9 Å². The van der Waals surface area contributed by atoms with Crippen molar-refractivity contribution in [3.63, 3.8) is 0 Å². The summed E-state index contributed by atoms with van der Waals surface area (Å²) in [6, 6.07) is 3.80. The van der Waals surface area contributed by atoms with Crippen molar-refractivity contribution < 1.29 is 10.2 Å². The number of phenols is 1. The molecule has 0 saturated heterocycles. The summed E-state index contributed by atoms with van der Waals surface area (Å²) in [4.78, 5) is 4.47. The number of nitrogens with zero attached hydrogens (tertiary/aromatic N) is 1. The van der Waals surface area contributed by atoms with E-state index in [1.54, 1.807) is 6.21 Å². The molecule has 1 aromatic carbocycles. The van der Waals surface area contributed by atoms with Crippen molar-refractivity contribution in [3.05, 3.63) is 28.8 Å². The molecular formula is C18H29NO2. The van der Waals surface area contributed by atoms with Gasteiger partial charge in [0.05, 0.1) is 12.6 Å². The van der Waals surface area contributed by atoms with E-state index in [4.69, 9.17) is 0 Å². The van der Waals surface area contributed by atoms with Gasteiger partial charge in [0.15, 0.2) is 0 Å². The first-order chi connectivity index (χ1) is 9.46. The minimum Gasteiger partial charge on any atom is -0.507 e. The molecule has 0 saturated carbocycles. The van der Waals surface area contributed by atoms with E-state index in [1.165, 1.54) is 0 Å². The Labute approximate surface area is 128 Å². The predicted octanol–water partition coefficient (Wildman–Crippen LogP) is 3.82. The van der Waals surface area contributed by atoms with E-state index in [2.05, 4.69) is 25.8 Å². The fourth-order valence-corrected chi connectivity index (χ4v) is 2.05. The predicted molar refractivity (Wildman–Crippen MR) is 89.5 cm³/mol. The van der Waals surface area contributed by atoms with Crippen molar-refractivity contribution in [2.75, 3.05) is 6.61 Å². The smallest absolute Gasteiger partial charge is 0.127 e. The largest absolute Gasteiger partial charge is 0.507 e. The highest BCUT2D eigenvalue weighted by molar-refractivity contribution is 5.84. The van der Waals surface area contributed by atoms with E-state index < -0.39 is 0 Å². The Bertz CT molecular complexity index is 519. The zero-order valence-corrected chi connectivity index (χ0v) is 14.4. The van der Waals surface area contributed by atoms with Gasteiger partial charge in [-0.15, -0.1) is 0 Å². The number of aliphatic hydroxyl groups excluding tert-OH is 1. The highest BCUT2D eigenvalue weighted by Gasteiger charge is 2.23. The molecule has 0 aromatic heterocycles. The molecule has 0 spiro atoms. The van der Waals surface area contributed by atoms with E-state index in [9.17, 15) is 10.2 Å². The van der Waals surface area contributed by atoms with Gasteiger partial charge in [0.25, 0.3) is 0 Å². The standard InChI is InChI=1S/C18H29NO2/c1-12-8-14(17(2,3)4)9-13(16(12)21)10-19-15(11-20)18(5,6)7/h8-10,15,20-21H,11H2,1-7H3. The molecule has 0 fully saturated rings. The Morgan fingerprint density at radius 2 is 1.71 bits per heavy atom. The van der Waals surface area contributed by atoms with Gasteiger partial charge < -0.3 is 10.2 Å². The van der Waals surface area contributed by atoms with Crippen LogP contribution >= 0.6 is 0 Å². The average Bonchev–Trinajstić information content (AvgIpc) is 2.31. The van der Waals surface area contributed by atoms with E-state index in [0.29, 0.717) is 5.56 Å². The fourth-order valence-electron chi connectivity index (χ4n) is 2.05. The lowest BCUT2D eigenvalue weighted by atomic mass is 9.85. The molecule has 118 valence electrons. The molecule has 0 heterocycles. The van der Waals surface area contributed by atoms with Gasteiger partial charge in [-0.3, -0.25) is 4.99 Å². The van der Waals surface area contributed by atoms with Crippen LogP contribution in [0.15, 0.2) is 17.1 Å². The van der Waals surface area contributed by atoms with Crippen LogP contribution < -0.4 is 0 Å². The second kappa shape index (κ2) is 6.18. The first-order valence-electron chi connectivity index (χ1n) is 7.45. The number of benzene rings is 1. The monoisotopic (exact) mass is 291 g/mol. The molecule has 1 atom stereocenters. The molecule has 1 rings (SSSR count). The summed E-state index contributed by atoms with van der Waals surface area (Å²) in [7, 11) is 0. The van der Waals surface area contributed by atoms with E-state index >= 15 is 0 Å². The number of phenolic OH excluding ortho intramolecular Hbond substituents is 1. The van der Waals surface area contributed by atoms with Crippen molar-refractivity contribution in [1.29, 1.82) is 0 Å². The van der Waals surface area contributed by atoms with Crippen LogP contribution in [0.25, 0.3) is 0 Å². The van der Waals surface area contributed by atoms with E-state index in [0.717, 1.165) is 11.1 Å². The molecular weight excluding hydrogens is 262 g/mol. The van der Waals surface area contributed by atoms with Crippen molar-refractivity contribution >= 4 is 6.21 Å². The van der Waals surface area contributed by atoms with Crippen molar-refractivity contribution in [2.24, 2.45) is 10.4 Å². The first-order valence-corrected chi connectivity index (χ1v) is 7.45. The van der Waals surface area contributed by atoms with Crippen LogP contribution in [0.5, 0.6) is 5.75 Å². The van der Waals surface area contributed by atoms with Crippen molar-refractivity contribution in [2.45, 2.75) is 59.9 Å². The second-order valence-electron chi connectivity index (χ2n) is 7.82. The Balaban J connectivity index is 3.22. The van der Waals surface area contributed by atoms with Crippen LogP contribution in [0.1, 0.15) is 58.2 Å². The van der Waals surface area contributed by atoms with Crippen LogP contribution in [0.4, 0.5) is 0 Å². The maximum atomic E-state index is 10.2. The number of aromatic hydroxyl groups is 1. The van der Waals surface area contributed by atoms with Gasteiger partial charge >= 0.3 is 0 Å². The number of aryl methyl sites for hydroxylation is 1. The summed E-state index contributed by atoms with van der Waals surface area (Å²) in [5, 5.41) is 19.7. The normalized spacial score (nSPS) is 14.7. The molecule has 3 heteroatoms. The third-order valence-electron chi connectivity index (χ3n) is 3.76. The maximum absolute atomic E-state index is 10.2. The molecule has 0 amide bonds. The van der Waals surface area contributed by atoms with E-state index in [1.807, 2.05) is 39.8 Å². The molecule has 21 heavy (non-hydrogen) atoms. The number of aliphatic imine (C=N–C) groups is 1. The minimum absolute atomic E-state index is 0.00128. The average molecular weight is 291 g/mol. The van der Waals surface area contributed by atoms with Crippen LogP contribution in [0.2, 0.25) is 0 Å². The van der Waals surface area contributed by atoms with Crippen LogP contribution in [0.3, 0.4) is 0 Å². The number of hydrogen-bond donors (Lipinski definition) is 2. The summed E-state index contributed by atoms with van der Waals surface area (Å²) in [5.41, 5.74) is 2.62. The molecule has 2 N–H and O–H groups in total. The van der Waals surface area contributed by atoms with E-state index in [-0.39, 0.29) is 29.2 Å². The lowest BCUT2D eigenvalue weighted by molar-refractivity contribution is 0.191. The summed E-state index contributed by atoms with van der Waals surface area (Å²) in [6.07, 6.45) is 1.68. The van der Waals surface area contributed by atoms with Crippen LogP contribution in [-0.2, 0) is 5.41 Å². The lowest BCUT2D eigenvalue weighted by Gasteiger charge is -2.25. The number of rotatable bonds is 3. The third-order valence-corrected chi connectivity index (χ3v) is 3.76. The Hall–Kier alpha value is -1.35. The highest BCUT2D eigenvalue weighted by atomic mass is 16.3. The van der Waals surface area contributed by atoms with Crippen LogP contribution in [-0.4, -0.2) is 29.1 Å². The maximum Gasteiger partial charge on any atom is 0.127 e. The molecule has 0 aliphatic rings. The van der Waals surface area contributed by atoms with Gasteiger partial charge in [-0.1, -0.05) is 47.6 Å². The Kier molecular flexibility index (Phi) is 5.21. The molecule has 1 unspecified atom stereocenters. The number of aliphatic hydroxyl groups is 1. The summed E-state index contributed by atoms with van der Waals surface area (Å²) < 4.78 is 0. The molecule has 0 aliphatic heterocycles. The van der Waals surface area contributed by atoms with Crippen molar-refractivity contribution in [3.8, 4) is 5.75 Å². The Morgan fingerprint density at radius 1 is 1.14 bits per heavy atom. The third kappa shape index (κ3) is 4.57. The molecule has 0 aliphatic carbocycles. The topological polar surface area (TPSA) is 52.8 Å². The van der Waals surface area contributed by atoms with Gasteiger partial charge in [-0.2, -0.15) is 0 Å². The summed E-state index contributed by atoms with van der Waals surface area (Å²) in [6.45, 7) is 14.5.